The van der Waals surface area contributed by atoms with Crippen LogP contribution in [0.3, 0.4) is 0 Å². The maximum absolute atomic E-state index is 14.0. The third kappa shape index (κ3) is 9.50. The number of ketones is 1. The SMILES string of the molecule is CC[C@@H]1OC(=O)[C@H](C)[C@@H](OC(=O)Cc2ccccc2)[C@H](C)[C@@H](O[C@@H]2O[C@H](C)C[C@H](N(C)C)[C@H]2O)[C@@](C)(OC)C[C@@H](C)C(=O)[C@@H](C)[C@@H](O)[C@]1(C)O. The number of aliphatic hydroxyl groups is 3. The van der Waals surface area contributed by atoms with Gasteiger partial charge in [-0.05, 0) is 66.6 Å². The van der Waals surface area contributed by atoms with Crippen molar-refractivity contribution in [2.24, 2.45) is 23.7 Å². The lowest BCUT2D eigenvalue weighted by Gasteiger charge is -2.48. The second kappa shape index (κ2) is 17.4. The summed E-state index contributed by atoms with van der Waals surface area (Å²) in [5.74, 6) is -5.29. The van der Waals surface area contributed by atoms with Crippen molar-refractivity contribution in [2.75, 3.05) is 21.2 Å². The van der Waals surface area contributed by atoms with Gasteiger partial charge in [0.15, 0.2) is 6.29 Å². The number of likely N-dealkylation sites (N-methyl/N-ethyl adjacent to an activating group) is 1. The van der Waals surface area contributed by atoms with Crippen LogP contribution in [0, 0.1) is 23.7 Å². The molecule has 0 unspecified atom stereocenters. The molecule has 0 spiro atoms. The Labute approximate surface area is 297 Å². The van der Waals surface area contributed by atoms with E-state index in [4.69, 9.17) is 23.7 Å². The highest BCUT2D eigenvalue weighted by molar-refractivity contribution is 5.83. The van der Waals surface area contributed by atoms with Crippen LogP contribution >= 0.6 is 0 Å². The summed E-state index contributed by atoms with van der Waals surface area (Å²) in [5.41, 5.74) is -2.53. The van der Waals surface area contributed by atoms with Crippen LogP contribution in [0.4, 0.5) is 0 Å². The highest BCUT2D eigenvalue weighted by atomic mass is 16.7. The Balaban J connectivity index is 2.18. The minimum atomic E-state index is -1.97. The number of hydrogen-bond acceptors (Lipinski definition) is 12. The lowest BCUT2D eigenvalue weighted by atomic mass is 9.74. The molecule has 1 aromatic rings. The van der Waals surface area contributed by atoms with Crippen LogP contribution in [-0.2, 0) is 44.5 Å². The van der Waals surface area contributed by atoms with E-state index in [-0.39, 0.29) is 37.2 Å². The molecule has 1 aromatic carbocycles. The summed E-state index contributed by atoms with van der Waals surface area (Å²) in [6, 6.07) is 8.77. The number of rotatable bonds is 8. The second-order valence-electron chi connectivity index (χ2n) is 15.2. The molecule has 0 aliphatic carbocycles. The molecule has 2 saturated heterocycles. The number of cyclic esters (lactones) is 1. The molecule has 2 aliphatic heterocycles. The lowest BCUT2D eigenvalue weighted by Crippen LogP contribution is -2.60. The molecule has 0 aromatic heterocycles. The Morgan fingerprint density at radius 3 is 2.20 bits per heavy atom. The molecule has 3 N–H and O–H groups in total. The van der Waals surface area contributed by atoms with Crippen molar-refractivity contribution in [3.63, 3.8) is 0 Å². The van der Waals surface area contributed by atoms with Gasteiger partial charge in [-0.3, -0.25) is 14.4 Å². The molecule has 12 nitrogen and oxygen atoms in total. The van der Waals surface area contributed by atoms with Crippen LogP contribution in [0.25, 0.3) is 0 Å². The van der Waals surface area contributed by atoms with E-state index < -0.39 is 83.6 Å². The van der Waals surface area contributed by atoms with Gasteiger partial charge in [0.05, 0.1) is 36.3 Å². The Kier molecular flexibility index (Phi) is 14.6. The van der Waals surface area contributed by atoms with Gasteiger partial charge in [-0.25, -0.2) is 0 Å². The van der Waals surface area contributed by atoms with Crippen molar-refractivity contribution in [3.05, 3.63) is 35.9 Å². The van der Waals surface area contributed by atoms with E-state index in [1.54, 1.807) is 53.7 Å². The first kappa shape index (κ1) is 42.0. The molecule has 2 heterocycles. The number of benzene rings is 1. The number of ether oxygens (including phenoxy) is 5. The average molecular weight is 708 g/mol. The zero-order valence-corrected chi connectivity index (χ0v) is 31.7. The fourth-order valence-electron chi connectivity index (χ4n) is 7.74. The molecule has 0 radical (unpaired) electrons. The smallest absolute Gasteiger partial charge is 0.312 e. The molecule has 3 rings (SSSR count). The molecular weight excluding hydrogens is 646 g/mol. The molecule has 2 fully saturated rings. The summed E-state index contributed by atoms with van der Waals surface area (Å²) in [4.78, 5) is 43.3. The van der Waals surface area contributed by atoms with Gasteiger partial charge in [0.25, 0.3) is 0 Å². The first-order valence-electron chi connectivity index (χ1n) is 17.9. The molecule has 0 bridgehead atoms. The van der Waals surface area contributed by atoms with Crippen molar-refractivity contribution in [3.8, 4) is 0 Å². The van der Waals surface area contributed by atoms with Gasteiger partial charge < -0.3 is 43.9 Å². The Bertz CT molecular complexity index is 1270. The van der Waals surface area contributed by atoms with Crippen LogP contribution in [-0.4, -0.2) is 119 Å². The Morgan fingerprint density at radius 2 is 1.64 bits per heavy atom. The quantitative estimate of drug-likeness (QED) is 0.339. The van der Waals surface area contributed by atoms with Gasteiger partial charge in [-0.1, -0.05) is 58.0 Å². The maximum Gasteiger partial charge on any atom is 0.312 e. The largest absolute Gasteiger partial charge is 0.461 e. The van der Waals surface area contributed by atoms with Crippen LogP contribution in [0.15, 0.2) is 30.3 Å². The average Bonchev–Trinajstić information content (AvgIpc) is 3.07. The summed E-state index contributed by atoms with van der Waals surface area (Å²) in [7, 11) is 5.22. The van der Waals surface area contributed by atoms with Crippen LogP contribution in [0.5, 0.6) is 0 Å². The van der Waals surface area contributed by atoms with Crippen LogP contribution in [0.2, 0.25) is 0 Å². The highest BCUT2D eigenvalue weighted by Crippen LogP contribution is 2.40. The van der Waals surface area contributed by atoms with Crippen LogP contribution in [0.1, 0.15) is 80.2 Å². The number of methoxy groups -OCH3 is 1. The third-order valence-electron chi connectivity index (χ3n) is 10.9. The molecule has 0 amide bonds. The lowest BCUT2D eigenvalue weighted by molar-refractivity contribution is -0.301. The maximum atomic E-state index is 14.0. The third-order valence-corrected chi connectivity index (χ3v) is 10.9. The van der Waals surface area contributed by atoms with E-state index >= 15 is 0 Å². The van der Waals surface area contributed by atoms with E-state index in [2.05, 4.69) is 0 Å². The number of nitrogens with zero attached hydrogens (tertiary/aromatic N) is 1. The fraction of sp³-hybridized carbons (Fsp3) is 0.763. The monoisotopic (exact) mass is 707 g/mol. The first-order chi connectivity index (χ1) is 23.3. The summed E-state index contributed by atoms with van der Waals surface area (Å²) in [5, 5.41) is 34.4. The molecule has 12 heteroatoms. The van der Waals surface area contributed by atoms with Gasteiger partial charge in [0.2, 0.25) is 0 Å². The summed E-state index contributed by atoms with van der Waals surface area (Å²) >= 11 is 0. The van der Waals surface area contributed by atoms with E-state index in [0.717, 1.165) is 5.56 Å². The normalized spacial score (nSPS) is 40.9. The standard InChI is InChI=1S/C38H61NO11/c1-12-28-38(8,45)33(43)23(4)30(41)21(2)20-37(7,46-11)34(50-36-31(42)27(39(9)10)18-22(3)47-36)24(5)32(25(6)35(44)48-28)49-29(40)19-26-16-14-13-15-17-26/h13-17,21-25,27-28,31-34,36,42-43,45H,12,18-20H2,1-11H3/t21-,22-,23-,24+,25-,27+,28+,31-,32+,33-,34-,36+,37+,38-/m1/s1. The number of hydrogen-bond donors (Lipinski definition) is 3. The van der Waals surface area contributed by atoms with Crippen molar-refractivity contribution in [1.82, 2.24) is 4.90 Å². The fourth-order valence-corrected chi connectivity index (χ4v) is 7.74. The second-order valence-corrected chi connectivity index (χ2v) is 15.2. The Hall–Kier alpha value is -2.45. The van der Waals surface area contributed by atoms with E-state index in [0.29, 0.717) is 6.42 Å². The summed E-state index contributed by atoms with van der Waals surface area (Å²) in [6.45, 7) is 13.3. The van der Waals surface area contributed by atoms with Crippen molar-refractivity contribution in [1.29, 1.82) is 0 Å². The first-order valence-corrected chi connectivity index (χ1v) is 17.9. The summed E-state index contributed by atoms with van der Waals surface area (Å²) in [6.07, 6.45) is -6.63. The van der Waals surface area contributed by atoms with Crippen molar-refractivity contribution < 1.29 is 53.4 Å². The van der Waals surface area contributed by atoms with Gasteiger partial charge in [0, 0.05) is 30.9 Å². The van der Waals surface area contributed by atoms with E-state index in [9.17, 15) is 29.7 Å². The molecule has 0 saturated carbocycles. The van der Waals surface area contributed by atoms with E-state index in [1.165, 1.54) is 14.0 Å². The van der Waals surface area contributed by atoms with Crippen LogP contribution < -0.4 is 0 Å². The van der Waals surface area contributed by atoms with Gasteiger partial charge in [-0.15, -0.1) is 0 Å². The topological polar surface area (TPSA) is 161 Å². The minimum Gasteiger partial charge on any atom is -0.461 e. The number of aliphatic hydroxyl groups excluding tert-OH is 2. The number of Topliss-reactive ketones (excluding diaryl/α,β-unsaturated/α-hetero) is 1. The van der Waals surface area contributed by atoms with Gasteiger partial charge >= 0.3 is 11.9 Å². The Morgan fingerprint density at radius 1 is 1.02 bits per heavy atom. The highest BCUT2D eigenvalue weighted by Gasteiger charge is 2.52. The van der Waals surface area contributed by atoms with E-state index in [1.807, 2.05) is 44.1 Å². The number of carbonyl (C=O) groups is 3. The molecule has 14 atom stereocenters. The van der Waals surface area contributed by atoms with Crippen molar-refractivity contribution >= 4 is 17.7 Å². The minimum absolute atomic E-state index is 0.0622. The van der Waals surface area contributed by atoms with Crippen molar-refractivity contribution in [2.45, 2.75) is 141 Å². The summed E-state index contributed by atoms with van der Waals surface area (Å²) < 4.78 is 31.1. The predicted molar refractivity (Wildman–Crippen MR) is 186 cm³/mol. The number of esters is 2. The van der Waals surface area contributed by atoms with Gasteiger partial charge in [-0.2, -0.15) is 0 Å². The molecule has 284 valence electrons. The zero-order chi connectivity index (χ0) is 37.7. The zero-order valence-electron chi connectivity index (χ0n) is 31.7. The molecular formula is C38H61NO11. The predicted octanol–water partition coefficient (Wildman–Crippen LogP) is 3.31. The van der Waals surface area contributed by atoms with Gasteiger partial charge in [0.1, 0.15) is 29.7 Å². The number of carbonyl (C=O) groups excluding carboxylic acids is 3. The molecule has 50 heavy (non-hydrogen) atoms. The molecule has 2 aliphatic rings.